The number of nitro groups is 1. The SMILES string of the molecule is O=[N+]([O-])c1ccc(CNCC2CCCOC2)c(Br)c1. The number of non-ortho nitro benzene ring substituents is 1. The molecule has 1 aliphatic heterocycles. The summed E-state index contributed by atoms with van der Waals surface area (Å²) in [5.41, 5.74) is 1.14. The van der Waals surface area contributed by atoms with Crippen LogP contribution in [0.25, 0.3) is 0 Å². The molecule has 1 N–H and O–H groups in total. The zero-order valence-corrected chi connectivity index (χ0v) is 12.2. The summed E-state index contributed by atoms with van der Waals surface area (Å²) in [7, 11) is 0. The maximum Gasteiger partial charge on any atom is 0.270 e. The molecular formula is C13H17BrN2O3. The van der Waals surface area contributed by atoms with Gasteiger partial charge < -0.3 is 10.1 Å². The van der Waals surface area contributed by atoms with E-state index < -0.39 is 0 Å². The smallest absolute Gasteiger partial charge is 0.270 e. The summed E-state index contributed by atoms with van der Waals surface area (Å²) in [6.45, 7) is 3.33. The average molecular weight is 329 g/mol. The maximum atomic E-state index is 10.6. The van der Waals surface area contributed by atoms with Gasteiger partial charge in [0.25, 0.3) is 5.69 Å². The minimum Gasteiger partial charge on any atom is -0.381 e. The fraction of sp³-hybridized carbons (Fsp3) is 0.538. The molecule has 1 saturated heterocycles. The van der Waals surface area contributed by atoms with Gasteiger partial charge in [-0.15, -0.1) is 0 Å². The van der Waals surface area contributed by atoms with Gasteiger partial charge in [-0.3, -0.25) is 10.1 Å². The second-order valence-electron chi connectivity index (χ2n) is 4.75. The first kappa shape index (κ1) is 14.4. The van der Waals surface area contributed by atoms with Crippen LogP contribution in [0.4, 0.5) is 5.69 Å². The zero-order chi connectivity index (χ0) is 13.7. The van der Waals surface area contributed by atoms with E-state index in [1.807, 2.05) is 0 Å². The van der Waals surface area contributed by atoms with Crippen molar-refractivity contribution in [3.8, 4) is 0 Å². The second-order valence-corrected chi connectivity index (χ2v) is 5.60. The normalized spacial score (nSPS) is 19.3. The highest BCUT2D eigenvalue weighted by Gasteiger charge is 2.14. The Morgan fingerprint density at radius 1 is 1.53 bits per heavy atom. The van der Waals surface area contributed by atoms with Crippen molar-refractivity contribution >= 4 is 21.6 Å². The predicted molar refractivity (Wildman–Crippen MR) is 76.0 cm³/mol. The summed E-state index contributed by atoms with van der Waals surface area (Å²) in [5, 5.41) is 14.0. The van der Waals surface area contributed by atoms with Gasteiger partial charge in [-0.25, -0.2) is 0 Å². The van der Waals surface area contributed by atoms with Crippen LogP contribution in [0.5, 0.6) is 0 Å². The molecule has 19 heavy (non-hydrogen) atoms. The molecule has 0 aromatic heterocycles. The molecule has 0 amide bonds. The Morgan fingerprint density at radius 2 is 2.37 bits per heavy atom. The quantitative estimate of drug-likeness (QED) is 0.666. The van der Waals surface area contributed by atoms with E-state index in [-0.39, 0.29) is 10.6 Å². The molecule has 2 rings (SSSR count). The summed E-state index contributed by atoms with van der Waals surface area (Å²) in [5.74, 6) is 0.575. The lowest BCUT2D eigenvalue weighted by Gasteiger charge is -2.22. The molecule has 0 aliphatic carbocycles. The highest BCUT2D eigenvalue weighted by atomic mass is 79.9. The Bertz CT molecular complexity index is 448. The van der Waals surface area contributed by atoms with E-state index in [2.05, 4.69) is 21.2 Å². The topological polar surface area (TPSA) is 64.4 Å². The summed E-state index contributed by atoms with van der Waals surface area (Å²) in [6, 6.07) is 4.86. The lowest BCUT2D eigenvalue weighted by molar-refractivity contribution is -0.384. The zero-order valence-electron chi connectivity index (χ0n) is 10.6. The van der Waals surface area contributed by atoms with Crippen LogP contribution in [0.3, 0.4) is 0 Å². The molecule has 0 spiro atoms. The molecule has 1 unspecified atom stereocenters. The molecule has 0 radical (unpaired) electrons. The van der Waals surface area contributed by atoms with E-state index >= 15 is 0 Å². The Kier molecular flexibility index (Phi) is 5.30. The van der Waals surface area contributed by atoms with Crippen LogP contribution in [0.1, 0.15) is 18.4 Å². The molecule has 1 atom stereocenters. The predicted octanol–water partition coefficient (Wildman–Crippen LogP) is 2.87. The van der Waals surface area contributed by atoms with Gasteiger partial charge in [0.15, 0.2) is 0 Å². The number of rotatable bonds is 5. The van der Waals surface area contributed by atoms with E-state index in [9.17, 15) is 10.1 Å². The standard InChI is InChI=1S/C13H17BrN2O3/c14-13-6-12(16(17)18)4-3-11(13)8-15-7-10-2-1-5-19-9-10/h3-4,6,10,15H,1-2,5,7-9H2. The Balaban J connectivity index is 1.83. The van der Waals surface area contributed by atoms with Crippen molar-refractivity contribution in [2.45, 2.75) is 19.4 Å². The lowest BCUT2D eigenvalue weighted by Crippen LogP contribution is -2.28. The first-order valence-electron chi connectivity index (χ1n) is 6.38. The van der Waals surface area contributed by atoms with Crippen molar-refractivity contribution in [3.63, 3.8) is 0 Å². The molecule has 0 saturated carbocycles. The summed E-state index contributed by atoms with van der Waals surface area (Å²) in [4.78, 5) is 10.3. The number of hydrogen-bond acceptors (Lipinski definition) is 4. The molecule has 1 aliphatic rings. The monoisotopic (exact) mass is 328 g/mol. The molecule has 1 aromatic rings. The van der Waals surface area contributed by atoms with Gasteiger partial charge in [0.05, 0.1) is 11.5 Å². The van der Waals surface area contributed by atoms with Crippen molar-refractivity contribution in [2.75, 3.05) is 19.8 Å². The largest absolute Gasteiger partial charge is 0.381 e. The van der Waals surface area contributed by atoms with Crippen LogP contribution >= 0.6 is 15.9 Å². The number of benzene rings is 1. The first-order chi connectivity index (χ1) is 9.16. The molecule has 1 aromatic carbocycles. The van der Waals surface area contributed by atoms with Gasteiger partial charge in [0.2, 0.25) is 0 Å². The van der Waals surface area contributed by atoms with Crippen LogP contribution in [-0.4, -0.2) is 24.7 Å². The molecule has 104 valence electrons. The fourth-order valence-electron chi connectivity index (χ4n) is 2.17. The van der Waals surface area contributed by atoms with E-state index in [0.717, 1.165) is 36.2 Å². The molecule has 6 heteroatoms. The van der Waals surface area contributed by atoms with E-state index in [1.165, 1.54) is 12.5 Å². The van der Waals surface area contributed by atoms with Crippen LogP contribution in [-0.2, 0) is 11.3 Å². The van der Waals surface area contributed by atoms with Crippen LogP contribution in [0.2, 0.25) is 0 Å². The first-order valence-corrected chi connectivity index (χ1v) is 7.17. The van der Waals surface area contributed by atoms with E-state index in [1.54, 1.807) is 12.1 Å². The third-order valence-electron chi connectivity index (χ3n) is 3.25. The lowest BCUT2D eigenvalue weighted by atomic mass is 10.0. The Morgan fingerprint density at radius 3 is 3.00 bits per heavy atom. The molecule has 1 fully saturated rings. The number of nitro benzene ring substituents is 1. The van der Waals surface area contributed by atoms with Gasteiger partial charge in [-0.2, -0.15) is 0 Å². The van der Waals surface area contributed by atoms with Crippen molar-refractivity contribution < 1.29 is 9.66 Å². The van der Waals surface area contributed by atoms with Gasteiger partial charge in [-0.05, 0) is 30.4 Å². The van der Waals surface area contributed by atoms with Crippen LogP contribution < -0.4 is 5.32 Å². The molecule has 0 bridgehead atoms. The second kappa shape index (κ2) is 6.98. The Labute approximate surface area is 120 Å². The minimum absolute atomic E-state index is 0.108. The summed E-state index contributed by atoms with van der Waals surface area (Å²) >= 11 is 3.37. The van der Waals surface area contributed by atoms with Gasteiger partial charge >= 0.3 is 0 Å². The van der Waals surface area contributed by atoms with E-state index in [0.29, 0.717) is 12.5 Å². The van der Waals surface area contributed by atoms with E-state index in [4.69, 9.17) is 4.74 Å². The third-order valence-corrected chi connectivity index (χ3v) is 3.99. The van der Waals surface area contributed by atoms with Gasteiger partial charge in [0, 0.05) is 36.3 Å². The van der Waals surface area contributed by atoms with Gasteiger partial charge in [-0.1, -0.05) is 15.9 Å². The van der Waals surface area contributed by atoms with Crippen molar-refractivity contribution in [1.29, 1.82) is 0 Å². The number of nitrogens with one attached hydrogen (secondary N) is 1. The summed E-state index contributed by atoms with van der Waals surface area (Å²) < 4.78 is 6.20. The minimum atomic E-state index is -0.388. The van der Waals surface area contributed by atoms with Crippen molar-refractivity contribution in [1.82, 2.24) is 5.32 Å². The molecule has 1 heterocycles. The molecule has 5 nitrogen and oxygen atoms in total. The maximum absolute atomic E-state index is 10.6. The third kappa shape index (κ3) is 4.26. The number of hydrogen-bond donors (Lipinski definition) is 1. The van der Waals surface area contributed by atoms with Crippen molar-refractivity contribution in [3.05, 3.63) is 38.3 Å². The van der Waals surface area contributed by atoms with Crippen LogP contribution in [0, 0.1) is 16.0 Å². The highest BCUT2D eigenvalue weighted by Crippen LogP contribution is 2.23. The fourth-order valence-corrected chi connectivity index (χ4v) is 2.68. The number of nitrogens with zero attached hydrogens (tertiary/aromatic N) is 1. The average Bonchev–Trinajstić information content (AvgIpc) is 2.41. The van der Waals surface area contributed by atoms with Crippen molar-refractivity contribution in [2.24, 2.45) is 5.92 Å². The Hall–Kier alpha value is -0.980. The summed E-state index contributed by atoms with van der Waals surface area (Å²) in [6.07, 6.45) is 2.34. The number of halogens is 1. The number of ether oxygens (including phenoxy) is 1. The highest BCUT2D eigenvalue weighted by molar-refractivity contribution is 9.10. The van der Waals surface area contributed by atoms with Crippen LogP contribution in [0.15, 0.2) is 22.7 Å². The molecular weight excluding hydrogens is 312 g/mol. The van der Waals surface area contributed by atoms with Gasteiger partial charge in [0.1, 0.15) is 0 Å².